The van der Waals surface area contributed by atoms with Gasteiger partial charge in [-0.3, -0.25) is 9.52 Å². The first-order valence-electron chi connectivity index (χ1n) is 6.50. The minimum Gasteiger partial charge on any atom is -0.480 e. The Kier molecular flexibility index (Phi) is 4.18. The second kappa shape index (κ2) is 6.02. The normalized spacial score (nSPS) is 13.7. The zero-order valence-corrected chi connectivity index (χ0v) is 14.2. The number of hydrogen-bond acceptors (Lipinski definition) is 4. The standard InChI is InChI=1S/C14H9BrF2N2O4S/c15-7-3-11-14(23-6-13(20)18-11)12(4-7)24(21,22)19-10-2-1-8(16)5-9(10)17/h1-5,19H,6H2,(H,18,20). The van der Waals surface area contributed by atoms with Crippen molar-refractivity contribution in [2.24, 2.45) is 0 Å². The summed E-state index contributed by atoms with van der Waals surface area (Å²) in [6, 6.07) is 5.18. The number of fused-ring (bicyclic) bond motifs is 1. The molecule has 0 spiro atoms. The van der Waals surface area contributed by atoms with Crippen LogP contribution in [0.15, 0.2) is 39.7 Å². The number of nitrogens with one attached hydrogen (secondary N) is 2. The van der Waals surface area contributed by atoms with E-state index in [1.54, 1.807) is 0 Å². The smallest absolute Gasteiger partial charge is 0.265 e. The molecule has 1 aliphatic heterocycles. The van der Waals surface area contributed by atoms with Gasteiger partial charge in [0, 0.05) is 10.5 Å². The average molecular weight is 419 g/mol. The molecule has 0 fully saturated rings. The van der Waals surface area contributed by atoms with E-state index in [1.165, 1.54) is 12.1 Å². The molecule has 0 bridgehead atoms. The molecule has 24 heavy (non-hydrogen) atoms. The van der Waals surface area contributed by atoms with Gasteiger partial charge in [-0.2, -0.15) is 0 Å². The van der Waals surface area contributed by atoms with Gasteiger partial charge in [0.2, 0.25) is 0 Å². The van der Waals surface area contributed by atoms with Gasteiger partial charge in [-0.1, -0.05) is 15.9 Å². The number of anilines is 2. The molecular formula is C14H9BrF2N2O4S. The quantitative estimate of drug-likeness (QED) is 0.802. The monoisotopic (exact) mass is 418 g/mol. The minimum atomic E-state index is -4.25. The summed E-state index contributed by atoms with van der Waals surface area (Å²) in [5, 5.41) is 2.49. The molecule has 1 heterocycles. The van der Waals surface area contributed by atoms with Crippen LogP contribution in [0.1, 0.15) is 0 Å². The molecule has 0 saturated heterocycles. The predicted octanol–water partition coefficient (Wildman–Crippen LogP) is 2.86. The summed E-state index contributed by atoms with van der Waals surface area (Å²) in [6.07, 6.45) is 0. The second-order valence-electron chi connectivity index (χ2n) is 4.85. The third-order valence-corrected chi connectivity index (χ3v) is 4.94. The number of hydrogen-bond donors (Lipinski definition) is 2. The summed E-state index contributed by atoms with van der Waals surface area (Å²) in [5.41, 5.74) is -0.245. The first-order valence-corrected chi connectivity index (χ1v) is 8.78. The molecule has 0 aromatic heterocycles. The SMILES string of the molecule is O=C1COc2c(cc(Br)cc2S(=O)(=O)Nc2ccc(F)cc2F)N1. The Balaban J connectivity index is 2.05. The van der Waals surface area contributed by atoms with E-state index in [0.29, 0.717) is 10.5 Å². The second-order valence-corrected chi connectivity index (χ2v) is 7.41. The first-order chi connectivity index (χ1) is 11.3. The highest BCUT2D eigenvalue weighted by Crippen LogP contribution is 2.38. The van der Waals surface area contributed by atoms with Gasteiger partial charge in [-0.05, 0) is 24.3 Å². The summed E-state index contributed by atoms with van der Waals surface area (Å²) >= 11 is 3.14. The van der Waals surface area contributed by atoms with Gasteiger partial charge in [-0.15, -0.1) is 0 Å². The van der Waals surface area contributed by atoms with Gasteiger partial charge < -0.3 is 10.1 Å². The molecule has 1 amide bonds. The van der Waals surface area contributed by atoms with Crippen molar-refractivity contribution in [1.82, 2.24) is 0 Å². The number of amides is 1. The Hall–Kier alpha value is -2.20. The van der Waals surface area contributed by atoms with E-state index >= 15 is 0 Å². The van der Waals surface area contributed by atoms with Crippen LogP contribution in [0.2, 0.25) is 0 Å². The Morgan fingerprint density at radius 1 is 1.21 bits per heavy atom. The van der Waals surface area contributed by atoms with Crippen LogP contribution >= 0.6 is 15.9 Å². The molecule has 2 aromatic rings. The van der Waals surface area contributed by atoms with Crippen LogP contribution in [0.25, 0.3) is 0 Å². The zero-order chi connectivity index (χ0) is 17.5. The van der Waals surface area contributed by atoms with E-state index < -0.39 is 33.3 Å². The van der Waals surface area contributed by atoms with Crippen LogP contribution in [0.3, 0.4) is 0 Å². The van der Waals surface area contributed by atoms with Gasteiger partial charge in [0.05, 0.1) is 11.4 Å². The molecular weight excluding hydrogens is 410 g/mol. The van der Waals surface area contributed by atoms with E-state index in [0.717, 1.165) is 12.1 Å². The predicted molar refractivity (Wildman–Crippen MR) is 85.4 cm³/mol. The van der Waals surface area contributed by atoms with Crippen molar-refractivity contribution in [2.45, 2.75) is 4.90 Å². The molecule has 0 atom stereocenters. The molecule has 0 unspecified atom stereocenters. The molecule has 0 radical (unpaired) electrons. The molecule has 0 aliphatic carbocycles. The molecule has 2 N–H and O–H groups in total. The zero-order valence-electron chi connectivity index (χ0n) is 11.8. The summed E-state index contributed by atoms with van der Waals surface area (Å²) in [6.45, 7) is -0.345. The van der Waals surface area contributed by atoms with Crippen LogP contribution in [0, 0.1) is 11.6 Å². The fourth-order valence-corrected chi connectivity index (χ4v) is 3.98. The highest BCUT2D eigenvalue weighted by atomic mass is 79.9. The highest BCUT2D eigenvalue weighted by Gasteiger charge is 2.28. The number of ether oxygens (including phenoxy) is 1. The fourth-order valence-electron chi connectivity index (χ4n) is 2.11. The summed E-state index contributed by atoms with van der Waals surface area (Å²) < 4.78 is 59.3. The maximum absolute atomic E-state index is 13.7. The van der Waals surface area contributed by atoms with E-state index in [9.17, 15) is 22.0 Å². The van der Waals surface area contributed by atoms with Crippen LogP contribution < -0.4 is 14.8 Å². The molecule has 0 saturated carbocycles. The lowest BCUT2D eigenvalue weighted by Gasteiger charge is -2.21. The number of carbonyl (C=O) groups excluding carboxylic acids is 1. The molecule has 126 valence electrons. The lowest BCUT2D eigenvalue weighted by molar-refractivity contribution is -0.118. The van der Waals surface area contributed by atoms with E-state index in [4.69, 9.17) is 4.74 Å². The number of halogens is 3. The van der Waals surface area contributed by atoms with E-state index in [2.05, 4.69) is 21.2 Å². The minimum absolute atomic E-state index is 0.0622. The topological polar surface area (TPSA) is 84.5 Å². The van der Waals surface area contributed by atoms with Gasteiger partial charge in [-0.25, -0.2) is 17.2 Å². The Labute approximate surface area is 144 Å². The van der Waals surface area contributed by atoms with Crippen molar-refractivity contribution in [2.75, 3.05) is 16.6 Å². The average Bonchev–Trinajstić information content (AvgIpc) is 2.48. The fraction of sp³-hybridized carbons (Fsp3) is 0.0714. The van der Waals surface area contributed by atoms with Crippen molar-refractivity contribution in [3.63, 3.8) is 0 Å². The third-order valence-electron chi connectivity index (χ3n) is 3.11. The maximum Gasteiger partial charge on any atom is 0.265 e. The van der Waals surface area contributed by atoms with E-state index in [-0.39, 0.29) is 22.9 Å². The van der Waals surface area contributed by atoms with Crippen LogP contribution in [-0.2, 0) is 14.8 Å². The Morgan fingerprint density at radius 2 is 1.96 bits per heavy atom. The van der Waals surface area contributed by atoms with Gasteiger partial charge in [0.1, 0.15) is 16.5 Å². The van der Waals surface area contributed by atoms with Crippen molar-refractivity contribution in [1.29, 1.82) is 0 Å². The highest BCUT2D eigenvalue weighted by molar-refractivity contribution is 9.10. The summed E-state index contributed by atoms with van der Waals surface area (Å²) in [4.78, 5) is 11.1. The Morgan fingerprint density at radius 3 is 2.67 bits per heavy atom. The van der Waals surface area contributed by atoms with E-state index in [1.807, 2.05) is 4.72 Å². The summed E-state index contributed by atoms with van der Waals surface area (Å²) in [7, 11) is -4.25. The van der Waals surface area contributed by atoms with Crippen molar-refractivity contribution in [3.05, 3.63) is 46.4 Å². The van der Waals surface area contributed by atoms with Crippen molar-refractivity contribution < 1.29 is 26.7 Å². The molecule has 1 aliphatic rings. The van der Waals surface area contributed by atoms with Gasteiger partial charge >= 0.3 is 0 Å². The lowest BCUT2D eigenvalue weighted by Crippen LogP contribution is -2.27. The Bertz CT molecular complexity index is 950. The van der Waals surface area contributed by atoms with Crippen molar-refractivity contribution in [3.8, 4) is 5.75 Å². The van der Waals surface area contributed by atoms with Crippen molar-refractivity contribution >= 4 is 43.2 Å². The van der Waals surface area contributed by atoms with Crippen LogP contribution in [0.5, 0.6) is 5.75 Å². The van der Waals surface area contributed by atoms with Gasteiger partial charge in [0.25, 0.3) is 15.9 Å². The van der Waals surface area contributed by atoms with Gasteiger partial charge in [0.15, 0.2) is 12.4 Å². The number of carbonyl (C=O) groups is 1. The molecule has 10 heteroatoms. The lowest BCUT2D eigenvalue weighted by atomic mass is 10.2. The number of benzene rings is 2. The number of rotatable bonds is 3. The third kappa shape index (κ3) is 3.20. The largest absolute Gasteiger partial charge is 0.480 e. The summed E-state index contributed by atoms with van der Waals surface area (Å²) in [5.74, 6) is -2.38. The molecule has 2 aromatic carbocycles. The van der Waals surface area contributed by atoms with Crippen LogP contribution in [0.4, 0.5) is 20.2 Å². The first kappa shape index (κ1) is 16.7. The molecule has 6 nitrogen and oxygen atoms in total. The maximum atomic E-state index is 13.7. The van der Waals surface area contributed by atoms with Crippen LogP contribution in [-0.4, -0.2) is 20.9 Å². The molecule has 3 rings (SSSR count). The number of sulfonamides is 1.